The topological polar surface area (TPSA) is 35.2 Å². The molecule has 1 aliphatic carbocycles. The van der Waals surface area contributed by atoms with E-state index in [1.54, 1.807) is 17.4 Å². The number of hydrogen-bond acceptors (Lipinski definition) is 3. The van der Waals surface area contributed by atoms with Gasteiger partial charge in [0.15, 0.2) is 0 Å². The lowest BCUT2D eigenvalue weighted by Gasteiger charge is -2.11. The van der Waals surface area contributed by atoms with Gasteiger partial charge in [-0.2, -0.15) is 0 Å². The molecular weight excluding hydrogens is 261 g/mol. The Morgan fingerprint density at radius 3 is 2.84 bits per heavy atom. The highest BCUT2D eigenvalue weighted by Crippen LogP contribution is 2.34. The standard InChI is InChI=1S/C15H18FNOS/c16-12-6-3-7-13-15(12)11(14(8-17)19-13)9-18-10-4-1-2-5-10/h3,6-7,10H,1-2,4-5,8-9,17H2. The summed E-state index contributed by atoms with van der Waals surface area (Å²) in [7, 11) is 0. The molecule has 2 aromatic rings. The third-order valence-electron chi connectivity index (χ3n) is 3.80. The average Bonchev–Trinajstić information content (AvgIpc) is 3.03. The summed E-state index contributed by atoms with van der Waals surface area (Å²) >= 11 is 1.58. The molecule has 0 bridgehead atoms. The van der Waals surface area contributed by atoms with E-state index >= 15 is 0 Å². The number of fused-ring (bicyclic) bond motifs is 1. The molecule has 0 aliphatic heterocycles. The van der Waals surface area contributed by atoms with Crippen LogP contribution in [0, 0.1) is 5.82 Å². The minimum Gasteiger partial charge on any atom is -0.373 e. The van der Waals surface area contributed by atoms with Gasteiger partial charge in [-0.15, -0.1) is 11.3 Å². The molecule has 1 heterocycles. The quantitative estimate of drug-likeness (QED) is 0.919. The first-order chi connectivity index (χ1) is 9.29. The van der Waals surface area contributed by atoms with Gasteiger partial charge in [0.25, 0.3) is 0 Å². The Bertz CT molecular complexity index is 575. The van der Waals surface area contributed by atoms with Crippen LogP contribution in [0.15, 0.2) is 18.2 Å². The molecule has 2 N–H and O–H groups in total. The van der Waals surface area contributed by atoms with Crippen molar-refractivity contribution >= 4 is 21.4 Å². The monoisotopic (exact) mass is 279 g/mol. The summed E-state index contributed by atoms with van der Waals surface area (Å²) in [6.07, 6.45) is 5.08. The Morgan fingerprint density at radius 2 is 2.11 bits per heavy atom. The second kappa shape index (κ2) is 5.57. The summed E-state index contributed by atoms with van der Waals surface area (Å²) in [6.45, 7) is 0.931. The summed E-state index contributed by atoms with van der Waals surface area (Å²) in [5, 5.41) is 0.700. The number of ether oxygens (including phenoxy) is 1. The fourth-order valence-corrected chi connectivity index (χ4v) is 3.89. The van der Waals surface area contributed by atoms with Crippen LogP contribution in [0.1, 0.15) is 36.1 Å². The van der Waals surface area contributed by atoms with Crippen LogP contribution in [0.3, 0.4) is 0 Å². The van der Waals surface area contributed by atoms with E-state index < -0.39 is 0 Å². The van der Waals surface area contributed by atoms with Crippen molar-refractivity contribution in [3.05, 3.63) is 34.5 Å². The summed E-state index contributed by atoms with van der Waals surface area (Å²) in [4.78, 5) is 1.04. The van der Waals surface area contributed by atoms with Crippen LogP contribution in [0.4, 0.5) is 4.39 Å². The van der Waals surface area contributed by atoms with Crippen LogP contribution in [0.25, 0.3) is 10.1 Å². The molecule has 1 saturated carbocycles. The van der Waals surface area contributed by atoms with Crippen molar-refractivity contribution in [1.29, 1.82) is 0 Å². The van der Waals surface area contributed by atoms with Gasteiger partial charge in [0.05, 0.1) is 12.7 Å². The number of hydrogen-bond donors (Lipinski definition) is 1. The van der Waals surface area contributed by atoms with Crippen LogP contribution in [0.2, 0.25) is 0 Å². The van der Waals surface area contributed by atoms with E-state index in [1.165, 1.54) is 18.9 Å². The fraction of sp³-hybridized carbons (Fsp3) is 0.467. The molecule has 102 valence electrons. The molecule has 0 unspecified atom stereocenters. The highest BCUT2D eigenvalue weighted by atomic mass is 32.1. The third-order valence-corrected chi connectivity index (χ3v) is 5.02. The molecule has 1 aromatic heterocycles. The SMILES string of the molecule is NCc1sc2cccc(F)c2c1COC1CCCC1. The van der Waals surface area contributed by atoms with Crippen molar-refractivity contribution in [1.82, 2.24) is 0 Å². The first-order valence-corrected chi connectivity index (χ1v) is 7.61. The van der Waals surface area contributed by atoms with E-state index in [4.69, 9.17) is 10.5 Å². The van der Waals surface area contributed by atoms with Gasteiger partial charge in [0.1, 0.15) is 5.82 Å². The molecule has 0 spiro atoms. The lowest BCUT2D eigenvalue weighted by Crippen LogP contribution is -2.08. The zero-order valence-corrected chi connectivity index (χ0v) is 11.6. The Morgan fingerprint density at radius 1 is 1.32 bits per heavy atom. The average molecular weight is 279 g/mol. The van der Waals surface area contributed by atoms with Crippen molar-refractivity contribution in [3.8, 4) is 0 Å². The first kappa shape index (κ1) is 13.0. The molecule has 3 rings (SSSR count). The molecule has 4 heteroatoms. The summed E-state index contributed by atoms with van der Waals surface area (Å²) in [5.74, 6) is -0.168. The van der Waals surface area contributed by atoms with Crippen molar-refractivity contribution in [3.63, 3.8) is 0 Å². The van der Waals surface area contributed by atoms with Crippen molar-refractivity contribution in [2.24, 2.45) is 5.73 Å². The Labute approximate surface area is 116 Å². The summed E-state index contributed by atoms with van der Waals surface area (Å²) in [5.41, 5.74) is 6.73. The van der Waals surface area contributed by atoms with Crippen LogP contribution < -0.4 is 5.73 Å². The Hall–Kier alpha value is -0.970. The molecule has 19 heavy (non-hydrogen) atoms. The largest absolute Gasteiger partial charge is 0.373 e. The number of rotatable bonds is 4. The third kappa shape index (κ3) is 2.53. The maximum absolute atomic E-state index is 14.0. The molecule has 1 aromatic carbocycles. The molecular formula is C15H18FNOS. The molecule has 1 fully saturated rings. The normalized spacial score (nSPS) is 16.5. The molecule has 2 nitrogen and oxygen atoms in total. The predicted octanol–water partition coefficient (Wildman–Crippen LogP) is 3.96. The minimum atomic E-state index is -0.168. The second-order valence-corrected chi connectivity index (χ2v) is 6.18. The summed E-state index contributed by atoms with van der Waals surface area (Å²) < 4.78 is 20.9. The Balaban J connectivity index is 1.91. The maximum atomic E-state index is 14.0. The van der Waals surface area contributed by atoms with Gasteiger partial charge < -0.3 is 10.5 Å². The van der Waals surface area contributed by atoms with Gasteiger partial charge in [0.2, 0.25) is 0 Å². The van der Waals surface area contributed by atoms with Gasteiger partial charge in [0, 0.05) is 27.1 Å². The van der Waals surface area contributed by atoms with Gasteiger partial charge in [-0.3, -0.25) is 0 Å². The summed E-state index contributed by atoms with van der Waals surface area (Å²) in [6, 6.07) is 5.20. The lowest BCUT2D eigenvalue weighted by atomic mass is 10.1. The van der Waals surface area contributed by atoms with Gasteiger partial charge in [-0.1, -0.05) is 18.9 Å². The van der Waals surface area contributed by atoms with E-state index in [-0.39, 0.29) is 5.82 Å². The number of nitrogens with two attached hydrogens (primary N) is 1. The van der Waals surface area contributed by atoms with Crippen molar-refractivity contribution in [2.45, 2.75) is 44.9 Å². The van der Waals surface area contributed by atoms with Crippen LogP contribution in [-0.4, -0.2) is 6.10 Å². The zero-order valence-electron chi connectivity index (χ0n) is 10.8. The van der Waals surface area contributed by atoms with Crippen LogP contribution in [0.5, 0.6) is 0 Å². The lowest BCUT2D eigenvalue weighted by molar-refractivity contribution is 0.0461. The molecule has 0 amide bonds. The van der Waals surface area contributed by atoms with E-state index in [0.29, 0.717) is 24.6 Å². The molecule has 0 radical (unpaired) electrons. The maximum Gasteiger partial charge on any atom is 0.132 e. The number of halogens is 1. The van der Waals surface area contributed by atoms with Crippen molar-refractivity contribution in [2.75, 3.05) is 0 Å². The predicted molar refractivity (Wildman–Crippen MR) is 76.7 cm³/mol. The molecule has 1 aliphatic rings. The first-order valence-electron chi connectivity index (χ1n) is 6.80. The van der Waals surface area contributed by atoms with Crippen molar-refractivity contribution < 1.29 is 9.13 Å². The fourth-order valence-electron chi connectivity index (χ4n) is 2.79. The highest BCUT2D eigenvalue weighted by molar-refractivity contribution is 7.19. The second-order valence-electron chi connectivity index (χ2n) is 5.04. The van der Waals surface area contributed by atoms with Gasteiger partial charge in [-0.05, 0) is 25.0 Å². The van der Waals surface area contributed by atoms with Crippen LogP contribution in [-0.2, 0) is 17.9 Å². The van der Waals surface area contributed by atoms with E-state index in [1.807, 2.05) is 6.07 Å². The highest BCUT2D eigenvalue weighted by Gasteiger charge is 2.19. The van der Waals surface area contributed by atoms with Crippen LogP contribution >= 0.6 is 11.3 Å². The van der Waals surface area contributed by atoms with E-state index in [2.05, 4.69) is 0 Å². The number of thiophene rings is 1. The Kier molecular flexibility index (Phi) is 3.82. The zero-order chi connectivity index (χ0) is 13.2. The number of benzene rings is 1. The van der Waals surface area contributed by atoms with Gasteiger partial charge >= 0.3 is 0 Å². The van der Waals surface area contributed by atoms with E-state index in [9.17, 15) is 4.39 Å². The van der Waals surface area contributed by atoms with Gasteiger partial charge in [-0.25, -0.2) is 4.39 Å². The minimum absolute atomic E-state index is 0.168. The molecule has 0 atom stereocenters. The smallest absolute Gasteiger partial charge is 0.132 e. The van der Waals surface area contributed by atoms with E-state index in [0.717, 1.165) is 28.0 Å². The molecule has 0 saturated heterocycles.